The lowest BCUT2D eigenvalue weighted by Gasteiger charge is -2.08. The van der Waals surface area contributed by atoms with E-state index < -0.39 is 0 Å². The highest BCUT2D eigenvalue weighted by Crippen LogP contribution is 2.22. The standard InChI is InChI=1S/C14H17BrN4O/c1-18(2)14(20)12-6-8-19(17-12)13-4-3-10(5-7-16)9-11(13)15/h3-4,6,8-9H,5,7,16H2,1-2H3. The third kappa shape index (κ3) is 3.08. The van der Waals surface area contributed by atoms with Crippen LogP contribution in [0.15, 0.2) is 34.9 Å². The minimum Gasteiger partial charge on any atom is -0.343 e. The Balaban J connectivity index is 2.30. The topological polar surface area (TPSA) is 64.2 Å². The molecule has 106 valence electrons. The van der Waals surface area contributed by atoms with Crippen molar-refractivity contribution in [3.8, 4) is 5.69 Å². The third-order valence-corrected chi connectivity index (χ3v) is 3.54. The van der Waals surface area contributed by atoms with Gasteiger partial charge in [0.1, 0.15) is 0 Å². The minimum atomic E-state index is -0.111. The number of benzene rings is 1. The Morgan fingerprint density at radius 2 is 2.15 bits per heavy atom. The number of hydrogen-bond acceptors (Lipinski definition) is 3. The number of nitrogens with two attached hydrogens (primary N) is 1. The van der Waals surface area contributed by atoms with Gasteiger partial charge >= 0.3 is 0 Å². The molecule has 0 saturated heterocycles. The summed E-state index contributed by atoms with van der Waals surface area (Å²) in [5.41, 5.74) is 8.03. The van der Waals surface area contributed by atoms with Crippen LogP contribution in [-0.2, 0) is 6.42 Å². The molecule has 0 aliphatic rings. The first-order valence-corrected chi connectivity index (χ1v) is 7.08. The highest BCUT2D eigenvalue weighted by Gasteiger charge is 2.13. The number of aromatic nitrogens is 2. The van der Waals surface area contributed by atoms with Crippen molar-refractivity contribution in [2.45, 2.75) is 6.42 Å². The lowest BCUT2D eigenvalue weighted by atomic mass is 10.1. The Labute approximate surface area is 126 Å². The lowest BCUT2D eigenvalue weighted by Crippen LogP contribution is -2.22. The second-order valence-corrected chi connectivity index (χ2v) is 5.52. The molecule has 0 aliphatic carbocycles. The predicted molar refractivity (Wildman–Crippen MR) is 82.0 cm³/mol. The Kier molecular flexibility index (Phi) is 4.57. The zero-order valence-electron chi connectivity index (χ0n) is 11.5. The summed E-state index contributed by atoms with van der Waals surface area (Å²) in [6.07, 6.45) is 2.61. The molecule has 0 aliphatic heterocycles. The summed E-state index contributed by atoms with van der Waals surface area (Å²) in [5.74, 6) is -0.111. The maximum absolute atomic E-state index is 11.8. The predicted octanol–water partition coefficient (Wildman–Crippen LogP) is 1.84. The fourth-order valence-electron chi connectivity index (χ4n) is 1.86. The second kappa shape index (κ2) is 6.19. The van der Waals surface area contributed by atoms with Gasteiger partial charge in [0.2, 0.25) is 0 Å². The van der Waals surface area contributed by atoms with Crippen LogP contribution in [0.3, 0.4) is 0 Å². The van der Waals surface area contributed by atoms with Gasteiger partial charge in [0, 0.05) is 24.8 Å². The van der Waals surface area contributed by atoms with E-state index in [9.17, 15) is 4.79 Å². The van der Waals surface area contributed by atoms with Gasteiger partial charge < -0.3 is 10.6 Å². The average molecular weight is 337 g/mol. The molecular formula is C14H17BrN4O. The van der Waals surface area contributed by atoms with Crippen LogP contribution in [0.1, 0.15) is 16.1 Å². The summed E-state index contributed by atoms with van der Waals surface area (Å²) in [4.78, 5) is 13.3. The van der Waals surface area contributed by atoms with Crippen molar-refractivity contribution in [1.29, 1.82) is 0 Å². The molecule has 1 heterocycles. The molecule has 5 nitrogen and oxygen atoms in total. The molecule has 0 spiro atoms. The summed E-state index contributed by atoms with van der Waals surface area (Å²) >= 11 is 3.53. The smallest absolute Gasteiger partial charge is 0.273 e. The Morgan fingerprint density at radius 1 is 1.40 bits per heavy atom. The van der Waals surface area contributed by atoms with Crippen molar-refractivity contribution >= 4 is 21.8 Å². The number of halogens is 1. The second-order valence-electron chi connectivity index (χ2n) is 4.67. The number of rotatable bonds is 4. The molecule has 0 saturated carbocycles. The van der Waals surface area contributed by atoms with Crippen molar-refractivity contribution in [2.75, 3.05) is 20.6 Å². The van der Waals surface area contributed by atoms with Crippen LogP contribution in [0.25, 0.3) is 5.69 Å². The lowest BCUT2D eigenvalue weighted by molar-refractivity contribution is 0.0821. The molecule has 0 atom stereocenters. The van der Waals surface area contributed by atoms with Gasteiger partial charge in [-0.3, -0.25) is 4.79 Å². The maximum atomic E-state index is 11.8. The minimum absolute atomic E-state index is 0.111. The van der Waals surface area contributed by atoms with E-state index in [-0.39, 0.29) is 5.91 Å². The highest BCUT2D eigenvalue weighted by molar-refractivity contribution is 9.10. The molecule has 20 heavy (non-hydrogen) atoms. The molecule has 0 fully saturated rings. The molecule has 2 aromatic rings. The summed E-state index contributed by atoms with van der Waals surface area (Å²) in [7, 11) is 3.41. The molecule has 6 heteroatoms. The number of nitrogens with zero attached hydrogens (tertiary/aromatic N) is 3. The number of hydrogen-bond donors (Lipinski definition) is 1. The Bertz CT molecular complexity index is 621. The van der Waals surface area contributed by atoms with Gasteiger partial charge in [0.05, 0.1) is 5.69 Å². The fourth-order valence-corrected chi connectivity index (χ4v) is 2.47. The van der Waals surface area contributed by atoms with Crippen LogP contribution < -0.4 is 5.73 Å². The van der Waals surface area contributed by atoms with Crippen LogP contribution in [0.5, 0.6) is 0 Å². The molecule has 1 amide bonds. The quantitative estimate of drug-likeness (QED) is 0.926. The SMILES string of the molecule is CN(C)C(=O)c1ccn(-c2ccc(CCN)cc2Br)n1. The largest absolute Gasteiger partial charge is 0.343 e. The molecular weight excluding hydrogens is 320 g/mol. The average Bonchev–Trinajstić information content (AvgIpc) is 2.87. The van der Waals surface area contributed by atoms with Crippen LogP contribution >= 0.6 is 15.9 Å². The van der Waals surface area contributed by atoms with Gasteiger partial charge in [-0.1, -0.05) is 6.07 Å². The first-order valence-electron chi connectivity index (χ1n) is 6.29. The fraction of sp³-hybridized carbons (Fsp3) is 0.286. The van der Waals surface area contributed by atoms with E-state index in [0.717, 1.165) is 16.6 Å². The Morgan fingerprint density at radius 3 is 2.75 bits per heavy atom. The van der Waals surface area contributed by atoms with Crippen molar-refractivity contribution < 1.29 is 4.79 Å². The normalized spacial score (nSPS) is 10.6. The molecule has 0 radical (unpaired) electrons. The monoisotopic (exact) mass is 336 g/mol. The zero-order chi connectivity index (χ0) is 14.7. The summed E-state index contributed by atoms with van der Waals surface area (Å²) in [6.45, 7) is 0.620. The van der Waals surface area contributed by atoms with Gasteiger partial charge in [-0.15, -0.1) is 0 Å². The number of carbonyl (C=O) groups excluding carboxylic acids is 1. The maximum Gasteiger partial charge on any atom is 0.273 e. The first-order chi connectivity index (χ1) is 9.52. The van der Waals surface area contributed by atoms with Crippen molar-refractivity contribution in [1.82, 2.24) is 14.7 Å². The molecule has 2 N–H and O–H groups in total. The van der Waals surface area contributed by atoms with Crippen molar-refractivity contribution in [3.63, 3.8) is 0 Å². The first kappa shape index (κ1) is 14.7. The van der Waals surface area contributed by atoms with E-state index in [2.05, 4.69) is 21.0 Å². The van der Waals surface area contributed by atoms with Gasteiger partial charge in [-0.05, 0) is 52.7 Å². The van der Waals surface area contributed by atoms with Crippen LogP contribution in [0.4, 0.5) is 0 Å². The van der Waals surface area contributed by atoms with Gasteiger partial charge in [-0.2, -0.15) is 5.10 Å². The van der Waals surface area contributed by atoms with Crippen molar-refractivity contribution in [2.24, 2.45) is 5.73 Å². The van der Waals surface area contributed by atoms with E-state index in [0.29, 0.717) is 12.2 Å². The highest BCUT2D eigenvalue weighted by atomic mass is 79.9. The van der Waals surface area contributed by atoms with Gasteiger partial charge in [0.25, 0.3) is 5.91 Å². The molecule has 0 bridgehead atoms. The zero-order valence-corrected chi connectivity index (χ0v) is 13.1. The van der Waals surface area contributed by atoms with E-state index in [1.165, 1.54) is 10.5 Å². The molecule has 0 unspecified atom stereocenters. The van der Waals surface area contributed by atoms with Crippen LogP contribution in [-0.4, -0.2) is 41.2 Å². The summed E-state index contributed by atoms with van der Waals surface area (Å²) in [6, 6.07) is 7.72. The van der Waals surface area contributed by atoms with E-state index in [4.69, 9.17) is 5.73 Å². The molecule has 1 aromatic heterocycles. The summed E-state index contributed by atoms with van der Waals surface area (Å²) < 4.78 is 2.61. The van der Waals surface area contributed by atoms with Crippen LogP contribution in [0, 0.1) is 0 Å². The molecule has 2 rings (SSSR count). The van der Waals surface area contributed by atoms with E-state index in [1.807, 2.05) is 18.2 Å². The van der Waals surface area contributed by atoms with E-state index >= 15 is 0 Å². The number of amides is 1. The molecule has 1 aromatic carbocycles. The van der Waals surface area contributed by atoms with Crippen molar-refractivity contribution in [3.05, 3.63) is 46.2 Å². The van der Waals surface area contributed by atoms with Gasteiger partial charge in [-0.25, -0.2) is 4.68 Å². The Hall–Kier alpha value is -1.66. The van der Waals surface area contributed by atoms with Gasteiger partial charge in [0.15, 0.2) is 5.69 Å². The summed E-state index contributed by atoms with van der Waals surface area (Å²) in [5, 5.41) is 4.31. The third-order valence-electron chi connectivity index (χ3n) is 2.91. The van der Waals surface area contributed by atoms with Crippen LogP contribution in [0.2, 0.25) is 0 Å². The van der Waals surface area contributed by atoms with E-state index in [1.54, 1.807) is 31.0 Å². The number of carbonyl (C=O) groups is 1.